The second-order valence-corrected chi connectivity index (χ2v) is 9.24. The van der Waals surface area contributed by atoms with Gasteiger partial charge in [0.25, 0.3) is 0 Å². The number of ether oxygens (including phenoxy) is 2. The van der Waals surface area contributed by atoms with Gasteiger partial charge in [-0.1, -0.05) is 30.3 Å². The molecule has 1 saturated heterocycles. The highest BCUT2D eigenvalue weighted by atomic mass is 32.2. The van der Waals surface area contributed by atoms with E-state index in [4.69, 9.17) is 9.47 Å². The number of nitrogens with one attached hydrogen (secondary N) is 1. The zero-order valence-electron chi connectivity index (χ0n) is 16.6. The van der Waals surface area contributed by atoms with Crippen LogP contribution in [0, 0.1) is 0 Å². The fraction of sp³-hybridized carbons (Fsp3) is 0.429. The molecular weight excluding hydrogens is 376 g/mol. The van der Waals surface area contributed by atoms with Crippen molar-refractivity contribution in [1.29, 1.82) is 0 Å². The summed E-state index contributed by atoms with van der Waals surface area (Å²) in [6.45, 7) is 5.81. The third-order valence-corrected chi connectivity index (χ3v) is 6.99. The van der Waals surface area contributed by atoms with Gasteiger partial charge in [0.1, 0.15) is 13.2 Å². The Balaban J connectivity index is 1.62. The molecule has 0 radical (unpaired) electrons. The van der Waals surface area contributed by atoms with Crippen molar-refractivity contribution in [2.45, 2.75) is 20.1 Å². The third-order valence-electron chi connectivity index (χ3n) is 5.11. The van der Waals surface area contributed by atoms with Crippen LogP contribution in [-0.2, 0) is 23.2 Å². The summed E-state index contributed by atoms with van der Waals surface area (Å²) in [6, 6.07) is 16.1. The van der Waals surface area contributed by atoms with Gasteiger partial charge in [0.15, 0.2) is 11.5 Å². The molecule has 7 heteroatoms. The Hall–Kier alpha value is -2.09. The molecule has 152 valence electrons. The average Bonchev–Trinajstić information content (AvgIpc) is 2.73. The first-order valence-electron chi connectivity index (χ1n) is 9.67. The van der Waals surface area contributed by atoms with Crippen molar-refractivity contribution in [3.63, 3.8) is 0 Å². The van der Waals surface area contributed by atoms with Crippen LogP contribution in [0.15, 0.2) is 48.5 Å². The molecule has 1 N–H and O–H groups in total. The van der Waals surface area contributed by atoms with E-state index in [9.17, 15) is 8.42 Å². The van der Waals surface area contributed by atoms with Gasteiger partial charge in [-0.05, 0) is 30.7 Å². The molecule has 2 aromatic rings. The van der Waals surface area contributed by atoms with E-state index >= 15 is 0 Å². The van der Waals surface area contributed by atoms with Crippen molar-refractivity contribution in [2.24, 2.45) is 0 Å². The predicted molar refractivity (Wildman–Crippen MR) is 109 cm³/mol. The van der Waals surface area contributed by atoms with Gasteiger partial charge in [-0.3, -0.25) is 0 Å². The van der Waals surface area contributed by atoms with Gasteiger partial charge in [-0.25, -0.2) is 8.42 Å². The molecule has 0 amide bonds. The van der Waals surface area contributed by atoms with Crippen molar-refractivity contribution < 1.29 is 22.8 Å². The Morgan fingerprint density at radius 3 is 2.36 bits per heavy atom. The third kappa shape index (κ3) is 5.25. The number of benzene rings is 2. The molecule has 0 unspecified atom stereocenters. The molecule has 0 bridgehead atoms. The van der Waals surface area contributed by atoms with Crippen molar-refractivity contribution in [1.82, 2.24) is 4.31 Å². The molecule has 6 nitrogen and oxygen atoms in total. The minimum absolute atomic E-state index is 0.170. The highest BCUT2D eigenvalue weighted by molar-refractivity contribution is 7.89. The number of quaternary nitrogens is 1. The van der Waals surface area contributed by atoms with Crippen LogP contribution >= 0.6 is 0 Å². The van der Waals surface area contributed by atoms with Crippen LogP contribution in [0.1, 0.15) is 18.1 Å². The van der Waals surface area contributed by atoms with E-state index in [-0.39, 0.29) is 5.75 Å². The molecule has 1 heterocycles. The smallest absolute Gasteiger partial charge is 0.214 e. The van der Waals surface area contributed by atoms with Gasteiger partial charge in [-0.15, -0.1) is 0 Å². The van der Waals surface area contributed by atoms with E-state index < -0.39 is 10.0 Å². The number of piperazine rings is 1. The Bertz CT molecular complexity index is 863. The Morgan fingerprint density at radius 1 is 1.00 bits per heavy atom. The van der Waals surface area contributed by atoms with Crippen LogP contribution in [0.4, 0.5) is 0 Å². The maximum Gasteiger partial charge on any atom is 0.214 e. The summed E-state index contributed by atoms with van der Waals surface area (Å²) in [7, 11) is -1.44. The Labute approximate surface area is 167 Å². The zero-order chi connectivity index (χ0) is 20.0. The number of hydrogen-bond acceptors (Lipinski definition) is 4. The topological polar surface area (TPSA) is 60.3 Å². The van der Waals surface area contributed by atoms with Crippen molar-refractivity contribution in [3.8, 4) is 11.5 Å². The molecule has 28 heavy (non-hydrogen) atoms. The summed E-state index contributed by atoms with van der Waals surface area (Å²) >= 11 is 0. The van der Waals surface area contributed by atoms with Crippen molar-refractivity contribution in [2.75, 3.05) is 39.0 Å². The van der Waals surface area contributed by atoms with Crippen LogP contribution in [0.5, 0.6) is 11.5 Å². The van der Waals surface area contributed by atoms with Crippen LogP contribution in [0.25, 0.3) is 0 Å². The minimum atomic E-state index is -3.08. The van der Waals surface area contributed by atoms with E-state index in [0.717, 1.165) is 36.5 Å². The lowest BCUT2D eigenvalue weighted by Crippen LogP contribution is -3.13. The number of methoxy groups -OCH3 is 1. The first-order valence-corrected chi connectivity index (χ1v) is 11.3. The van der Waals surface area contributed by atoms with E-state index in [1.165, 1.54) is 4.90 Å². The van der Waals surface area contributed by atoms with Gasteiger partial charge in [0.05, 0.1) is 39.0 Å². The standard InChI is InChI=1S/C21H28N2O4S/c1-3-28(24,25)23-13-11-22(12-14-23)16-19-9-10-20(26-2)21(15-19)27-17-18-7-5-4-6-8-18/h4-10,15H,3,11-14,16-17H2,1-2H3/p+1. The number of sulfonamides is 1. The Kier molecular flexibility index (Phi) is 6.93. The van der Waals surface area contributed by atoms with E-state index in [2.05, 4.69) is 6.07 Å². The first kappa shape index (κ1) is 20.6. The molecule has 2 aromatic carbocycles. The number of hydrogen-bond donors (Lipinski definition) is 1. The summed E-state index contributed by atoms with van der Waals surface area (Å²) in [5.74, 6) is 1.62. The lowest BCUT2D eigenvalue weighted by Gasteiger charge is -2.31. The molecule has 0 spiro atoms. The van der Waals surface area contributed by atoms with Gasteiger partial charge in [-0.2, -0.15) is 4.31 Å². The highest BCUT2D eigenvalue weighted by Gasteiger charge is 2.27. The maximum absolute atomic E-state index is 12.0. The molecule has 0 saturated carbocycles. The summed E-state index contributed by atoms with van der Waals surface area (Å²) in [4.78, 5) is 1.38. The van der Waals surface area contributed by atoms with Crippen molar-refractivity contribution in [3.05, 3.63) is 59.7 Å². The number of rotatable bonds is 8. The molecule has 0 aromatic heterocycles. The predicted octanol–water partition coefficient (Wildman–Crippen LogP) is 1.32. The highest BCUT2D eigenvalue weighted by Crippen LogP contribution is 2.28. The van der Waals surface area contributed by atoms with E-state index in [0.29, 0.717) is 25.4 Å². The van der Waals surface area contributed by atoms with Gasteiger partial charge in [0.2, 0.25) is 10.0 Å². The SMILES string of the molecule is CCS(=O)(=O)N1CC[NH+](Cc2ccc(OC)c(OCc3ccccc3)c2)CC1. The lowest BCUT2D eigenvalue weighted by molar-refractivity contribution is -0.917. The molecule has 1 fully saturated rings. The quantitative estimate of drug-likeness (QED) is 0.720. The largest absolute Gasteiger partial charge is 0.493 e. The van der Waals surface area contributed by atoms with Crippen molar-refractivity contribution >= 4 is 10.0 Å². The molecule has 0 aliphatic carbocycles. The fourth-order valence-corrected chi connectivity index (χ4v) is 4.51. The molecule has 1 aliphatic heterocycles. The summed E-state index contributed by atoms with van der Waals surface area (Å²) in [5, 5.41) is 0. The number of nitrogens with zero attached hydrogens (tertiary/aromatic N) is 1. The minimum Gasteiger partial charge on any atom is -0.493 e. The monoisotopic (exact) mass is 405 g/mol. The van der Waals surface area contributed by atoms with Gasteiger partial charge >= 0.3 is 0 Å². The van der Waals surface area contributed by atoms with E-state index in [1.807, 2.05) is 42.5 Å². The lowest BCUT2D eigenvalue weighted by atomic mass is 10.1. The molecule has 0 atom stereocenters. The summed E-state index contributed by atoms with van der Waals surface area (Å²) < 4.78 is 37.1. The van der Waals surface area contributed by atoms with Crippen LogP contribution in [0.2, 0.25) is 0 Å². The maximum atomic E-state index is 12.0. The summed E-state index contributed by atoms with van der Waals surface area (Å²) in [6.07, 6.45) is 0. The molecule has 3 rings (SSSR count). The normalized spacial score (nSPS) is 16.1. The molecule has 1 aliphatic rings. The van der Waals surface area contributed by atoms with Gasteiger partial charge in [0, 0.05) is 5.56 Å². The molecular formula is C21H29N2O4S+. The fourth-order valence-electron chi connectivity index (χ4n) is 3.41. The van der Waals surface area contributed by atoms with Crippen LogP contribution < -0.4 is 14.4 Å². The first-order chi connectivity index (χ1) is 13.5. The van der Waals surface area contributed by atoms with Crippen LogP contribution in [-0.4, -0.2) is 51.8 Å². The Morgan fingerprint density at radius 2 is 1.71 bits per heavy atom. The van der Waals surface area contributed by atoms with Crippen LogP contribution in [0.3, 0.4) is 0 Å². The zero-order valence-corrected chi connectivity index (χ0v) is 17.4. The second kappa shape index (κ2) is 9.41. The summed E-state index contributed by atoms with van der Waals surface area (Å²) in [5.41, 5.74) is 2.26. The van der Waals surface area contributed by atoms with E-state index in [1.54, 1.807) is 18.3 Å². The average molecular weight is 406 g/mol. The second-order valence-electron chi connectivity index (χ2n) is 6.99. The van der Waals surface area contributed by atoms with Gasteiger partial charge < -0.3 is 14.4 Å².